The minimum atomic E-state index is -0.311. The number of benzene rings is 2. The Morgan fingerprint density at radius 2 is 2.00 bits per heavy atom. The second-order valence-corrected chi connectivity index (χ2v) is 7.75. The number of hydrogen-bond donors (Lipinski definition) is 1. The normalized spacial score (nSPS) is 13.7. The first-order valence-corrected chi connectivity index (χ1v) is 9.94. The Morgan fingerprint density at radius 3 is 2.72 bits per heavy atom. The maximum Gasteiger partial charge on any atom is 0.274 e. The van der Waals surface area contributed by atoms with Gasteiger partial charge in [0.15, 0.2) is 6.61 Å². The zero-order valence-electron chi connectivity index (χ0n) is 17.5. The molecule has 1 heterocycles. The highest BCUT2D eigenvalue weighted by atomic mass is 16.6. The summed E-state index contributed by atoms with van der Waals surface area (Å²) in [7, 11) is 0. The molecule has 1 aliphatic rings. The summed E-state index contributed by atoms with van der Waals surface area (Å²) >= 11 is 0. The predicted molar refractivity (Wildman–Crippen MR) is 112 cm³/mol. The Hall–Kier alpha value is -2.86. The first-order valence-electron chi connectivity index (χ1n) is 9.94. The zero-order valence-corrected chi connectivity index (χ0v) is 17.5. The van der Waals surface area contributed by atoms with Crippen molar-refractivity contribution >= 4 is 17.5 Å². The van der Waals surface area contributed by atoms with E-state index < -0.39 is 0 Å². The van der Waals surface area contributed by atoms with E-state index in [4.69, 9.17) is 9.57 Å². The van der Waals surface area contributed by atoms with Crippen molar-refractivity contribution in [2.45, 2.75) is 46.1 Å². The minimum Gasteiger partial charge on any atom is -0.482 e. The third-order valence-electron chi connectivity index (χ3n) is 5.41. The summed E-state index contributed by atoms with van der Waals surface area (Å²) in [6.45, 7) is 9.08. The summed E-state index contributed by atoms with van der Waals surface area (Å²) in [4.78, 5) is 31.5. The molecule has 2 amide bonds. The summed E-state index contributed by atoms with van der Waals surface area (Å²) in [5, 5.41) is 0. The third kappa shape index (κ3) is 4.59. The maximum absolute atomic E-state index is 12.7. The van der Waals surface area contributed by atoms with Gasteiger partial charge < -0.3 is 9.64 Å². The van der Waals surface area contributed by atoms with Gasteiger partial charge in [-0.15, -0.1) is 0 Å². The van der Waals surface area contributed by atoms with E-state index in [2.05, 4.69) is 32.3 Å². The first kappa shape index (κ1) is 20.9. The summed E-state index contributed by atoms with van der Waals surface area (Å²) in [5.41, 5.74) is 5.66. The van der Waals surface area contributed by atoms with E-state index in [1.165, 1.54) is 0 Å². The van der Waals surface area contributed by atoms with Crippen molar-refractivity contribution in [2.24, 2.45) is 0 Å². The van der Waals surface area contributed by atoms with E-state index in [1.54, 1.807) is 30.0 Å². The van der Waals surface area contributed by atoms with Crippen LogP contribution < -0.4 is 15.1 Å². The van der Waals surface area contributed by atoms with E-state index in [9.17, 15) is 9.59 Å². The second-order valence-electron chi connectivity index (χ2n) is 7.75. The summed E-state index contributed by atoms with van der Waals surface area (Å²) in [6, 6.07) is 13.2. The highest BCUT2D eigenvalue weighted by Crippen LogP contribution is 2.38. The van der Waals surface area contributed by atoms with Crippen molar-refractivity contribution in [3.63, 3.8) is 0 Å². The largest absolute Gasteiger partial charge is 0.482 e. The lowest BCUT2D eigenvalue weighted by Crippen LogP contribution is -2.38. The second kappa shape index (κ2) is 8.66. The number of nitrogens with zero attached hydrogens (tertiary/aromatic N) is 1. The quantitative estimate of drug-likeness (QED) is 0.719. The smallest absolute Gasteiger partial charge is 0.274 e. The molecular formula is C23H28N2O4. The average molecular weight is 396 g/mol. The van der Waals surface area contributed by atoms with Crippen LogP contribution in [0, 0.1) is 0 Å². The van der Waals surface area contributed by atoms with Crippen LogP contribution in [0.1, 0.15) is 55.6 Å². The predicted octanol–water partition coefficient (Wildman–Crippen LogP) is 3.98. The number of rotatable bonds is 7. The van der Waals surface area contributed by atoms with Crippen molar-refractivity contribution in [3.8, 4) is 5.75 Å². The van der Waals surface area contributed by atoms with Crippen LogP contribution in [0.5, 0.6) is 5.75 Å². The van der Waals surface area contributed by atoms with Crippen LogP contribution in [0.3, 0.4) is 0 Å². The van der Waals surface area contributed by atoms with Gasteiger partial charge in [-0.1, -0.05) is 39.0 Å². The molecule has 2 aromatic rings. The molecular weight excluding hydrogens is 368 g/mol. The van der Waals surface area contributed by atoms with Crippen LogP contribution in [-0.4, -0.2) is 25.0 Å². The Bertz CT molecular complexity index is 908. The van der Waals surface area contributed by atoms with E-state index >= 15 is 0 Å². The van der Waals surface area contributed by atoms with Gasteiger partial charge in [0, 0.05) is 5.56 Å². The molecule has 3 rings (SSSR count). The Kier molecular flexibility index (Phi) is 6.23. The lowest BCUT2D eigenvalue weighted by molar-refractivity contribution is -0.121. The van der Waals surface area contributed by atoms with Crippen LogP contribution in [0.25, 0.3) is 0 Å². The molecule has 0 unspecified atom stereocenters. The molecule has 154 valence electrons. The monoisotopic (exact) mass is 396 g/mol. The van der Waals surface area contributed by atoms with Crippen LogP contribution >= 0.6 is 0 Å². The van der Waals surface area contributed by atoms with Crippen molar-refractivity contribution in [3.05, 3.63) is 59.2 Å². The Labute approximate surface area is 171 Å². The molecule has 2 aromatic carbocycles. The molecule has 0 spiro atoms. The number of carbonyl (C=O) groups excluding carboxylic acids is 2. The number of fused-ring (bicyclic) bond motifs is 1. The van der Waals surface area contributed by atoms with Crippen molar-refractivity contribution in [1.29, 1.82) is 0 Å². The highest BCUT2D eigenvalue weighted by molar-refractivity contribution is 5.98. The van der Waals surface area contributed by atoms with Crippen molar-refractivity contribution in [2.75, 3.05) is 18.1 Å². The molecule has 6 heteroatoms. The van der Waals surface area contributed by atoms with Gasteiger partial charge in [0.1, 0.15) is 5.75 Å². The first-order chi connectivity index (χ1) is 13.9. The van der Waals surface area contributed by atoms with Gasteiger partial charge in [-0.3, -0.25) is 14.4 Å². The topological polar surface area (TPSA) is 67.9 Å². The summed E-state index contributed by atoms with van der Waals surface area (Å²) in [6.07, 6.45) is 0.984. The Morgan fingerprint density at radius 1 is 1.21 bits per heavy atom. The fourth-order valence-electron chi connectivity index (χ4n) is 3.19. The number of carbonyl (C=O) groups is 2. The van der Waals surface area contributed by atoms with Crippen molar-refractivity contribution < 1.29 is 19.2 Å². The van der Waals surface area contributed by atoms with E-state index in [0.717, 1.165) is 23.2 Å². The number of amides is 2. The number of ether oxygens (including phenoxy) is 1. The molecule has 1 aliphatic heterocycles. The van der Waals surface area contributed by atoms with E-state index in [-0.39, 0.29) is 23.8 Å². The molecule has 0 fully saturated rings. The Balaban J connectivity index is 1.90. The molecule has 29 heavy (non-hydrogen) atoms. The van der Waals surface area contributed by atoms with Gasteiger partial charge in [0.25, 0.3) is 11.8 Å². The van der Waals surface area contributed by atoms with Gasteiger partial charge in [0.05, 0.1) is 18.8 Å². The zero-order chi connectivity index (χ0) is 21.0. The summed E-state index contributed by atoms with van der Waals surface area (Å²) < 4.78 is 5.64. The van der Waals surface area contributed by atoms with E-state index in [1.807, 2.05) is 18.2 Å². The van der Waals surface area contributed by atoms with Crippen molar-refractivity contribution in [1.82, 2.24) is 5.48 Å². The minimum absolute atomic E-state index is 0.00151. The lowest BCUT2D eigenvalue weighted by atomic mass is 9.82. The van der Waals surface area contributed by atoms with E-state index in [0.29, 0.717) is 24.5 Å². The molecule has 1 N–H and O–H groups in total. The molecule has 0 atom stereocenters. The number of nitrogens with one attached hydrogen (secondary N) is 1. The molecule has 6 nitrogen and oxygen atoms in total. The molecule has 0 saturated heterocycles. The number of hydroxylamine groups is 1. The van der Waals surface area contributed by atoms with Crippen LogP contribution in [0.4, 0.5) is 5.69 Å². The van der Waals surface area contributed by atoms with Gasteiger partial charge in [-0.05, 0) is 54.2 Å². The molecule has 0 saturated carbocycles. The summed E-state index contributed by atoms with van der Waals surface area (Å²) in [5.74, 6) is 0.285. The third-order valence-corrected chi connectivity index (χ3v) is 5.41. The number of anilines is 1. The van der Waals surface area contributed by atoms with Crippen LogP contribution in [0.2, 0.25) is 0 Å². The standard InChI is InChI=1S/C23H28N2O4/c1-5-23(3,4)18-10-11-20-19(13-18)25(21(26)15-28-20)14-16-8-7-9-17(12-16)22(27)24-29-6-2/h7-13H,5-6,14-15H2,1-4H3,(H,24,27). The van der Waals surface area contributed by atoms with Crippen LogP contribution in [-0.2, 0) is 21.6 Å². The van der Waals surface area contributed by atoms with Crippen LogP contribution in [0.15, 0.2) is 42.5 Å². The van der Waals surface area contributed by atoms with Gasteiger partial charge in [0.2, 0.25) is 0 Å². The highest BCUT2D eigenvalue weighted by Gasteiger charge is 2.28. The van der Waals surface area contributed by atoms with Gasteiger partial charge in [-0.25, -0.2) is 5.48 Å². The fraction of sp³-hybridized carbons (Fsp3) is 0.391. The lowest BCUT2D eigenvalue weighted by Gasteiger charge is -2.32. The molecule has 0 bridgehead atoms. The molecule has 0 aliphatic carbocycles. The fourth-order valence-corrected chi connectivity index (χ4v) is 3.19. The van der Waals surface area contributed by atoms with Gasteiger partial charge in [-0.2, -0.15) is 0 Å². The molecule has 0 aromatic heterocycles. The molecule has 0 radical (unpaired) electrons. The van der Waals surface area contributed by atoms with Gasteiger partial charge >= 0.3 is 0 Å². The SMILES string of the molecule is CCONC(=O)c1cccc(CN2C(=O)COc3ccc(C(C)(C)CC)cc32)c1. The number of hydrogen-bond acceptors (Lipinski definition) is 4. The average Bonchev–Trinajstić information content (AvgIpc) is 2.73. The maximum atomic E-state index is 12.7.